The van der Waals surface area contributed by atoms with Crippen LogP contribution in [0.2, 0.25) is 0 Å². The van der Waals surface area contributed by atoms with E-state index in [1.165, 1.54) is 0 Å². The van der Waals surface area contributed by atoms with Gasteiger partial charge in [0.05, 0.1) is 12.6 Å². The lowest BCUT2D eigenvalue weighted by atomic mass is 10.0. The lowest BCUT2D eigenvalue weighted by Crippen LogP contribution is -2.47. The number of fused-ring (bicyclic) bond motifs is 1. The average molecular weight is 287 g/mol. The summed E-state index contributed by atoms with van der Waals surface area (Å²) >= 11 is 0. The molecule has 3 saturated heterocycles. The van der Waals surface area contributed by atoms with Crippen molar-refractivity contribution in [2.24, 2.45) is 0 Å². The standard InChI is InChI=1S/C14H25NO5/c1-13(2)17-7-9(18-13)10-12-11(8(15-10)5-6-16)19-14(3,4)20-12/h8-12,15-16H,5-7H2,1-4H3/t8-,9-,10+,11+,12-/m1/s1. The number of hydrogen-bond acceptors (Lipinski definition) is 6. The molecule has 0 aliphatic carbocycles. The van der Waals surface area contributed by atoms with Gasteiger partial charge in [0.25, 0.3) is 0 Å². The van der Waals surface area contributed by atoms with Crippen molar-refractivity contribution in [3.05, 3.63) is 0 Å². The van der Waals surface area contributed by atoms with Crippen molar-refractivity contribution >= 4 is 0 Å². The summed E-state index contributed by atoms with van der Waals surface area (Å²) in [5, 5.41) is 12.7. The fraction of sp³-hybridized carbons (Fsp3) is 1.00. The second-order valence-corrected chi connectivity index (χ2v) is 6.74. The van der Waals surface area contributed by atoms with Crippen LogP contribution in [0.4, 0.5) is 0 Å². The van der Waals surface area contributed by atoms with E-state index in [0.29, 0.717) is 13.0 Å². The Hall–Kier alpha value is -0.240. The van der Waals surface area contributed by atoms with E-state index < -0.39 is 11.6 Å². The summed E-state index contributed by atoms with van der Waals surface area (Å²) in [6, 6.07) is 0.115. The molecular formula is C14H25NO5. The molecule has 3 aliphatic heterocycles. The van der Waals surface area contributed by atoms with E-state index in [1.54, 1.807) is 0 Å². The molecule has 0 radical (unpaired) electrons. The Morgan fingerprint density at radius 2 is 1.75 bits per heavy atom. The molecule has 5 atom stereocenters. The average Bonchev–Trinajstić information content (AvgIpc) is 2.92. The third-order valence-corrected chi connectivity index (χ3v) is 4.19. The van der Waals surface area contributed by atoms with E-state index in [1.807, 2.05) is 27.7 Å². The van der Waals surface area contributed by atoms with Gasteiger partial charge in [-0.3, -0.25) is 0 Å². The van der Waals surface area contributed by atoms with Crippen molar-refractivity contribution in [3.8, 4) is 0 Å². The van der Waals surface area contributed by atoms with Gasteiger partial charge in [-0.15, -0.1) is 0 Å². The Labute approximate surface area is 119 Å². The topological polar surface area (TPSA) is 69.2 Å². The van der Waals surface area contributed by atoms with E-state index in [9.17, 15) is 5.11 Å². The Bertz CT molecular complexity index is 373. The summed E-state index contributed by atoms with van der Waals surface area (Å²) < 4.78 is 23.6. The van der Waals surface area contributed by atoms with Gasteiger partial charge in [-0.1, -0.05) is 0 Å². The first-order chi connectivity index (χ1) is 9.31. The summed E-state index contributed by atoms with van der Waals surface area (Å²) in [4.78, 5) is 0. The van der Waals surface area contributed by atoms with Crippen molar-refractivity contribution < 1.29 is 24.1 Å². The Morgan fingerprint density at radius 1 is 1.05 bits per heavy atom. The Morgan fingerprint density at radius 3 is 2.35 bits per heavy atom. The van der Waals surface area contributed by atoms with E-state index in [0.717, 1.165) is 0 Å². The minimum absolute atomic E-state index is 0.0279. The number of ether oxygens (including phenoxy) is 4. The van der Waals surface area contributed by atoms with Gasteiger partial charge in [-0.2, -0.15) is 0 Å². The molecule has 0 aromatic heterocycles. The van der Waals surface area contributed by atoms with Crippen LogP contribution in [-0.2, 0) is 18.9 Å². The minimum atomic E-state index is -0.585. The maximum atomic E-state index is 9.22. The van der Waals surface area contributed by atoms with Crippen LogP contribution in [0.3, 0.4) is 0 Å². The minimum Gasteiger partial charge on any atom is -0.396 e. The summed E-state index contributed by atoms with van der Waals surface area (Å²) in [6.45, 7) is 8.36. The van der Waals surface area contributed by atoms with Crippen molar-refractivity contribution in [1.29, 1.82) is 0 Å². The normalized spacial score (nSPS) is 45.8. The molecule has 0 saturated carbocycles. The zero-order valence-electron chi connectivity index (χ0n) is 12.6. The molecule has 116 valence electrons. The quantitative estimate of drug-likeness (QED) is 0.782. The predicted molar refractivity (Wildman–Crippen MR) is 71.1 cm³/mol. The van der Waals surface area contributed by atoms with Crippen LogP contribution < -0.4 is 5.32 Å². The highest BCUT2D eigenvalue weighted by Crippen LogP contribution is 2.39. The fourth-order valence-electron chi connectivity index (χ4n) is 3.44. The lowest BCUT2D eigenvalue weighted by Gasteiger charge is -2.27. The zero-order chi connectivity index (χ0) is 14.5. The molecule has 0 aromatic rings. The summed E-state index contributed by atoms with van der Waals surface area (Å²) in [5.74, 6) is -1.13. The van der Waals surface area contributed by atoms with E-state index in [-0.39, 0.29) is 37.0 Å². The molecule has 0 spiro atoms. The van der Waals surface area contributed by atoms with Gasteiger partial charge < -0.3 is 29.4 Å². The monoisotopic (exact) mass is 287 g/mol. The van der Waals surface area contributed by atoms with E-state index in [4.69, 9.17) is 18.9 Å². The molecule has 3 fully saturated rings. The van der Waals surface area contributed by atoms with Crippen LogP contribution in [0.5, 0.6) is 0 Å². The zero-order valence-corrected chi connectivity index (χ0v) is 12.6. The molecule has 2 N–H and O–H groups in total. The summed E-state index contributed by atoms with van der Waals surface area (Å²) in [6.07, 6.45) is 0.478. The highest BCUT2D eigenvalue weighted by atomic mass is 16.8. The van der Waals surface area contributed by atoms with Crippen LogP contribution in [-0.4, -0.2) is 60.3 Å². The van der Waals surface area contributed by atoms with Gasteiger partial charge in [0.1, 0.15) is 18.3 Å². The second-order valence-electron chi connectivity index (χ2n) is 6.74. The third-order valence-electron chi connectivity index (χ3n) is 4.19. The van der Waals surface area contributed by atoms with Crippen molar-refractivity contribution in [3.63, 3.8) is 0 Å². The maximum absolute atomic E-state index is 9.22. The molecule has 0 amide bonds. The van der Waals surface area contributed by atoms with Crippen LogP contribution >= 0.6 is 0 Å². The van der Waals surface area contributed by atoms with Crippen LogP contribution in [0.25, 0.3) is 0 Å². The van der Waals surface area contributed by atoms with Crippen LogP contribution in [0.15, 0.2) is 0 Å². The SMILES string of the molecule is CC1(C)O[C@@H]2[C@H]([C@H]3COC(C)(C)O3)N[C@H](CCO)[C@@H]2O1. The Balaban J connectivity index is 1.75. The van der Waals surface area contributed by atoms with Crippen LogP contribution in [0, 0.1) is 0 Å². The molecule has 20 heavy (non-hydrogen) atoms. The molecule has 0 unspecified atom stereocenters. The summed E-state index contributed by atoms with van der Waals surface area (Å²) in [7, 11) is 0. The molecule has 6 nitrogen and oxygen atoms in total. The summed E-state index contributed by atoms with van der Waals surface area (Å²) in [5.41, 5.74) is 0. The highest BCUT2D eigenvalue weighted by Gasteiger charge is 2.57. The maximum Gasteiger partial charge on any atom is 0.163 e. The number of hydrogen-bond donors (Lipinski definition) is 2. The van der Waals surface area contributed by atoms with Gasteiger partial charge in [-0.25, -0.2) is 0 Å². The highest BCUT2D eigenvalue weighted by molar-refractivity contribution is 5.07. The molecule has 6 heteroatoms. The molecule has 3 aliphatic rings. The third kappa shape index (κ3) is 2.61. The second kappa shape index (κ2) is 4.90. The van der Waals surface area contributed by atoms with Gasteiger partial charge in [-0.05, 0) is 34.1 Å². The van der Waals surface area contributed by atoms with Gasteiger partial charge in [0.2, 0.25) is 0 Å². The molecule has 0 aromatic carbocycles. The first-order valence-corrected chi connectivity index (χ1v) is 7.36. The first-order valence-electron chi connectivity index (χ1n) is 7.36. The Kier molecular flexibility index (Phi) is 3.60. The smallest absolute Gasteiger partial charge is 0.163 e. The van der Waals surface area contributed by atoms with Crippen molar-refractivity contribution in [1.82, 2.24) is 5.32 Å². The number of aliphatic hydroxyl groups is 1. The fourth-order valence-corrected chi connectivity index (χ4v) is 3.44. The van der Waals surface area contributed by atoms with E-state index >= 15 is 0 Å². The van der Waals surface area contributed by atoms with Gasteiger partial charge >= 0.3 is 0 Å². The lowest BCUT2D eigenvalue weighted by molar-refractivity contribution is -0.168. The van der Waals surface area contributed by atoms with E-state index in [2.05, 4.69) is 5.32 Å². The van der Waals surface area contributed by atoms with Crippen molar-refractivity contribution in [2.75, 3.05) is 13.2 Å². The predicted octanol–water partition coefficient (Wildman–Crippen LogP) is 0.381. The molecule has 3 rings (SSSR count). The number of rotatable bonds is 3. The van der Waals surface area contributed by atoms with Gasteiger partial charge in [0, 0.05) is 12.6 Å². The largest absolute Gasteiger partial charge is 0.396 e. The number of nitrogens with one attached hydrogen (secondary N) is 1. The molecule has 3 heterocycles. The molecule has 0 bridgehead atoms. The van der Waals surface area contributed by atoms with Crippen LogP contribution in [0.1, 0.15) is 34.1 Å². The van der Waals surface area contributed by atoms with Crippen molar-refractivity contribution in [2.45, 2.75) is 76.1 Å². The first kappa shape index (κ1) is 14.7. The molecular weight excluding hydrogens is 262 g/mol. The number of aliphatic hydroxyl groups excluding tert-OH is 1. The van der Waals surface area contributed by atoms with Gasteiger partial charge in [0.15, 0.2) is 11.6 Å².